The van der Waals surface area contributed by atoms with Crippen molar-refractivity contribution in [2.45, 2.75) is 12.8 Å². The Morgan fingerprint density at radius 2 is 2.15 bits per heavy atom. The lowest BCUT2D eigenvalue weighted by Gasteiger charge is -2.03. The minimum Gasteiger partial charge on any atom is -0.481 e. The molecule has 20 heavy (non-hydrogen) atoms. The van der Waals surface area contributed by atoms with Crippen molar-refractivity contribution in [2.75, 3.05) is 0 Å². The van der Waals surface area contributed by atoms with E-state index in [1.165, 1.54) is 6.33 Å². The predicted molar refractivity (Wildman–Crippen MR) is 73.1 cm³/mol. The molecule has 3 rings (SSSR count). The van der Waals surface area contributed by atoms with Crippen LogP contribution in [0.1, 0.15) is 12.0 Å². The Labute approximate surface area is 114 Å². The second-order valence-corrected chi connectivity index (χ2v) is 4.37. The number of aromatic amines is 1. The van der Waals surface area contributed by atoms with Crippen LogP contribution in [0.5, 0.6) is 0 Å². The van der Waals surface area contributed by atoms with Crippen molar-refractivity contribution in [1.82, 2.24) is 19.9 Å². The maximum atomic E-state index is 10.7. The molecule has 0 fully saturated rings. The van der Waals surface area contributed by atoms with E-state index in [0.717, 1.165) is 22.3 Å². The highest BCUT2D eigenvalue weighted by Crippen LogP contribution is 2.27. The van der Waals surface area contributed by atoms with Gasteiger partial charge in [-0.1, -0.05) is 6.07 Å². The molecule has 0 saturated heterocycles. The number of H-pyrrole nitrogens is 1. The second kappa shape index (κ2) is 5.08. The molecule has 2 N–H and O–H groups in total. The molecular weight excluding hydrogens is 256 g/mol. The second-order valence-electron chi connectivity index (χ2n) is 4.37. The Kier molecular flexibility index (Phi) is 3.12. The van der Waals surface area contributed by atoms with Gasteiger partial charge >= 0.3 is 5.97 Å². The molecule has 100 valence electrons. The Hall–Kier alpha value is -2.76. The van der Waals surface area contributed by atoms with Crippen LogP contribution in [0, 0.1) is 0 Å². The summed E-state index contributed by atoms with van der Waals surface area (Å²) in [7, 11) is 0. The van der Waals surface area contributed by atoms with Crippen LogP contribution in [0.15, 0.2) is 36.9 Å². The highest BCUT2D eigenvalue weighted by atomic mass is 16.4. The van der Waals surface area contributed by atoms with E-state index in [-0.39, 0.29) is 6.42 Å². The molecule has 0 radical (unpaired) electrons. The normalized spacial score (nSPS) is 10.8. The summed E-state index contributed by atoms with van der Waals surface area (Å²) >= 11 is 0. The number of aromatic nitrogens is 4. The fourth-order valence-electron chi connectivity index (χ4n) is 2.16. The van der Waals surface area contributed by atoms with Crippen LogP contribution in [-0.4, -0.2) is 31.0 Å². The summed E-state index contributed by atoms with van der Waals surface area (Å²) in [5.41, 5.74) is 3.05. The lowest BCUT2D eigenvalue weighted by molar-refractivity contribution is -0.136. The summed E-state index contributed by atoms with van der Waals surface area (Å²) < 4.78 is 0. The largest absolute Gasteiger partial charge is 0.481 e. The van der Waals surface area contributed by atoms with Crippen molar-refractivity contribution in [3.8, 4) is 11.4 Å². The Bertz CT molecular complexity index is 752. The van der Waals surface area contributed by atoms with E-state index in [1.807, 2.05) is 18.2 Å². The molecule has 0 aromatic carbocycles. The van der Waals surface area contributed by atoms with Crippen molar-refractivity contribution >= 4 is 17.0 Å². The molecule has 0 bridgehead atoms. The van der Waals surface area contributed by atoms with E-state index in [0.29, 0.717) is 12.1 Å². The van der Waals surface area contributed by atoms with Crippen LogP contribution >= 0.6 is 0 Å². The number of nitrogens with zero attached hydrogens (tertiary/aromatic N) is 3. The molecule has 0 atom stereocenters. The summed E-state index contributed by atoms with van der Waals surface area (Å²) in [6, 6.07) is 5.60. The first kappa shape index (κ1) is 12.3. The Balaban J connectivity index is 2.12. The van der Waals surface area contributed by atoms with Gasteiger partial charge in [0.1, 0.15) is 17.7 Å². The SMILES string of the molecule is O=C(O)CCc1c[nH]c2ncnc(-c3ccccn3)c12. The molecule has 3 aromatic rings. The van der Waals surface area contributed by atoms with Gasteiger partial charge in [-0.25, -0.2) is 9.97 Å². The molecule has 6 heteroatoms. The standard InChI is InChI=1S/C14H12N4O2/c19-11(20)5-4-9-7-16-14-12(9)13(17-8-18-14)10-3-1-2-6-15-10/h1-3,6-8H,4-5H2,(H,19,20)(H,16,17,18). The zero-order chi connectivity index (χ0) is 13.9. The minimum absolute atomic E-state index is 0.0729. The van der Waals surface area contributed by atoms with Crippen LogP contribution in [-0.2, 0) is 11.2 Å². The molecular formula is C14H12N4O2. The highest BCUT2D eigenvalue weighted by molar-refractivity contribution is 5.92. The van der Waals surface area contributed by atoms with Crippen molar-refractivity contribution in [2.24, 2.45) is 0 Å². The average Bonchev–Trinajstić information content (AvgIpc) is 2.89. The van der Waals surface area contributed by atoms with Gasteiger partial charge in [-0.15, -0.1) is 0 Å². The maximum Gasteiger partial charge on any atom is 0.303 e. The average molecular weight is 268 g/mol. The quantitative estimate of drug-likeness (QED) is 0.755. The van der Waals surface area contributed by atoms with Gasteiger partial charge in [0.15, 0.2) is 0 Å². The minimum atomic E-state index is -0.824. The van der Waals surface area contributed by atoms with E-state index >= 15 is 0 Å². The molecule has 0 aliphatic carbocycles. The number of rotatable bonds is 4. The van der Waals surface area contributed by atoms with Crippen LogP contribution in [0.25, 0.3) is 22.4 Å². The molecule has 6 nitrogen and oxygen atoms in total. The first-order valence-corrected chi connectivity index (χ1v) is 6.20. The van der Waals surface area contributed by atoms with Crippen molar-refractivity contribution in [3.63, 3.8) is 0 Å². The van der Waals surface area contributed by atoms with E-state index in [1.54, 1.807) is 12.4 Å². The molecule has 0 aliphatic rings. The van der Waals surface area contributed by atoms with Crippen molar-refractivity contribution in [1.29, 1.82) is 0 Å². The zero-order valence-electron chi connectivity index (χ0n) is 10.6. The van der Waals surface area contributed by atoms with Crippen LogP contribution in [0.4, 0.5) is 0 Å². The third-order valence-corrected chi connectivity index (χ3v) is 3.07. The molecule has 3 aromatic heterocycles. The first-order chi connectivity index (χ1) is 9.75. The smallest absolute Gasteiger partial charge is 0.303 e. The van der Waals surface area contributed by atoms with Crippen LogP contribution in [0.2, 0.25) is 0 Å². The van der Waals surface area contributed by atoms with Gasteiger partial charge in [-0.05, 0) is 24.1 Å². The molecule has 0 unspecified atom stereocenters. The first-order valence-electron chi connectivity index (χ1n) is 6.20. The van der Waals surface area contributed by atoms with E-state index < -0.39 is 5.97 Å². The summed E-state index contributed by atoms with van der Waals surface area (Å²) in [5.74, 6) is -0.824. The van der Waals surface area contributed by atoms with Gasteiger partial charge in [0.2, 0.25) is 0 Å². The predicted octanol–water partition coefficient (Wildman–Crippen LogP) is 2.04. The number of carbonyl (C=O) groups is 1. The van der Waals surface area contributed by atoms with Gasteiger partial charge in [0, 0.05) is 24.2 Å². The molecule has 0 amide bonds. The summed E-state index contributed by atoms with van der Waals surface area (Å²) in [6.07, 6.45) is 5.47. The number of aryl methyl sites for hydroxylation is 1. The number of pyridine rings is 1. The molecule has 0 aliphatic heterocycles. The summed E-state index contributed by atoms with van der Waals surface area (Å²) in [4.78, 5) is 26.5. The Morgan fingerprint density at radius 1 is 1.25 bits per heavy atom. The number of hydrogen-bond donors (Lipinski definition) is 2. The third kappa shape index (κ3) is 2.23. The molecule has 0 saturated carbocycles. The van der Waals surface area contributed by atoms with Gasteiger partial charge in [-0.2, -0.15) is 0 Å². The van der Waals surface area contributed by atoms with Gasteiger partial charge in [-0.3, -0.25) is 9.78 Å². The van der Waals surface area contributed by atoms with E-state index in [9.17, 15) is 4.79 Å². The maximum absolute atomic E-state index is 10.7. The number of fused-ring (bicyclic) bond motifs is 1. The van der Waals surface area contributed by atoms with Crippen LogP contribution in [0.3, 0.4) is 0 Å². The summed E-state index contributed by atoms with van der Waals surface area (Å²) in [5, 5.41) is 9.66. The van der Waals surface area contributed by atoms with Crippen molar-refractivity contribution in [3.05, 3.63) is 42.5 Å². The number of nitrogens with one attached hydrogen (secondary N) is 1. The fraction of sp³-hybridized carbons (Fsp3) is 0.143. The molecule has 0 spiro atoms. The fourth-order valence-corrected chi connectivity index (χ4v) is 2.16. The van der Waals surface area contributed by atoms with E-state index in [2.05, 4.69) is 19.9 Å². The summed E-state index contributed by atoms with van der Waals surface area (Å²) in [6.45, 7) is 0. The third-order valence-electron chi connectivity index (χ3n) is 3.07. The monoisotopic (exact) mass is 268 g/mol. The van der Waals surface area contributed by atoms with E-state index in [4.69, 9.17) is 5.11 Å². The van der Waals surface area contributed by atoms with Gasteiger partial charge in [0.25, 0.3) is 0 Å². The van der Waals surface area contributed by atoms with Gasteiger partial charge in [0.05, 0.1) is 5.69 Å². The topological polar surface area (TPSA) is 91.8 Å². The Morgan fingerprint density at radius 3 is 2.90 bits per heavy atom. The number of carboxylic acids is 1. The van der Waals surface area contributed by atoms with Gasteiger partial charge < -0.3 is 10.1 Å². The van der Waals surface area contributed by atoms with Crippen molar-refractivity contribution < 1.29 is 9.90 Å². The lowest BCUT2D eigenvalue weighted by Crippen LogP contribution is -1.98. The zero-order valence-corrected chi connectivity index (χ0v) is 10.6. The number of aliphatic carboxylic acids is 1. The number of carboxylic acid groups (broad SMARTS) is 1. The molecule has 3 heterocycles. The number of hydrogen-bond acceptors (Lipinski definition) is 4. The highest BCUT2D eigenvalue weighted by Gasteiger charge is 2.14. The van der Waals surface area contributed by atoms with Crippen LogP contribution < -0.4 is 0 Å². The lowest BCUT2D eigenvalue weighted by atomic mass is 10.1.